The van der Waals surface area contributed by atoms with Crippen molar-refractivity contribution in [2.24, 2.45) is 0 Å². The van der Waals surface area contributed by atoms with Crippen LogP contribution >= 0.6 is 0 Å². The molecule has 1 aromatic carbocycles. The molecule has 0 aliphatic carbocycles. The average molecular weight is 248 g/mol. The second-order valence-electron chi connectivity index (χ2n) is 4.98. The van der Waals surface area contributed by atoms with Crippen LogP contribution in [-0.2, 0) is 11.2 Å². The Hall–Kier alpha value is -1.06. The summed E-state index contributed by atoms with van der Waals surface area (Å²) in [6.07, 6.45) is 2.44. The summed E-state index contributed by atoms with van der Waals surface area (Å²) in [6.45, 7) is 5.14. The van der Waals surface area contributed by atoms with Gasteiger partial charge < -0.3 is 15.0 Å². The predicted octanol–water partition coefficient (Wildman–Crippen LogP) is 2.37. The van der Waals surface area contributed by atoms with Crippen molar-refractivity contribution in [3.63, 3.8) is 0 Å². The van der Waals surface area contributed by atoms with Gasteiger partial charge in [-0.2, -0.15) is 0 Å². The fraction of sp³-hybridized carbons (Fsp3) is 0.600. The molecule has 0 spiro atoms. The summed E-state index contributed by atoms with van der Waals surface area (Å²) < 4.78 is 5.19. The van der Waals surface area contributed by atoms with E-state index in [2.05, 4.69) is 35.3 Å². The van der Waals surface area contributed by atoms with Crippen molar-refractivity contribution in [1.29, 1.82) is 0 Å². The Balaban J connectivity index is 2.19. The smallest absolute Gasteiger partial charge is 0.0637 e. The van der Waals surface area contributed by atoms with Crippen molar-refractivity contribution in [3.8, 4) is 0 Å². The Kier molecular flexibility index (Phi) is 4.61. The summed E-state index contributed by atoms with van der Waals surface area (Å²) in [5.74, 6) is 0. The highest BCUT2D eigenvalue weighted by Gasteiger charge is 2.17. The summed E-state index contributed by atoms with van der Waals surface area (Å²) in [7, 11) is 3.78. The largest absolute Gasteiger partial charge is 0.383 e. The van der Waals surface area contributed by atoms with Gasteiger partial charge in [-0.05, 0) is 44.0 Å². The molecule has 0 bridgehead atoms. The molecule has 2 rings (SSSR count). The molecule has 18 heavy (non-hydrogen) atoms. The first-order valence-corrected chi connectivity index (χ1v) is 6.80. The fourth-order valence-electron chi connectivity index (χ4n) is 2.56. The van der Waals surface area contributed by atoms with Gasteiger partial charge in [-0.3, -0.25) is 0 Å². The Morgan fingerprint density at radius 3 is 3.00 bits per heavy atom. The molecule has 1 atom stereocenters. The van der Waals surface area contributed by atoms with Gasteiger partial charge in [0.25, 0.3) is 0 Å². The highest BCUT2D eigenvalue weighted by Crippen LogP contribution is 2.29. The predicted molar refractivity (Wildman–Crippen MR) is 76.3 cm³/mol. The Morgan fingerprint density at radius 1 is 1.44 bits per heavy atom. The molecule has 0 saturated heterocycles. The molecule has 0 radical (unpaired) electrons. The van der Waals surface area contributed by atoms with E-state index < -0.39 is 0 Å². The van der Waals surface area contributed by atoms with Crippen LogP contribution in [0.4, 0.5) is 5.69 Å². The van der Waals surface area contributed by atoms with E-state index in [9.17, 15) is 0 Å². The van der Waals surface area contributed by atoms with Crippen LogP contribution in [-0.4, -0.2) is 33.9 Å². The molecule has 1 unspecified atom stereocenters. The minimum absolute atomic E-state index is 0.421. The number of aryl methyl sites for hydroxylation is 1. The topological polar surface area (TPSA) is 24.5 Å². The number of hydrogen-bond donors (Lipinski definition) is 1. The summed E-state index contributed by atoms with van der Waals surface area (Å²) in [5.41, 5.74) is 4.26. The molecule has 1 heterocycles. The number of benzene rings is 1. The lowest BCUT2D eigenvalue weighted by Crippen LogP contribution is -2.32. The van der Waals surface area contributed by atoms with Gasteiger partial charge in [0.15, 0.2) is 0 Å². The summed E-state index contributed by atoms with van der Waals surface area (Å²) >= 11 is 0. The van der Waals surface area contributed by atoms with E-state index >= 15 is 0 Å². The zero-order valence-corrected chi connectivity index (χ0v) is 11.7. The number of rotatable bonds is 5. The second kappa shape index (κ2) is 6.21. The summed E-state index contributed by atoms with van der Waals surface area (Å²) in [6, 6.07) is 7.29. The van der Waals surface area contributed by atoms with Crippen molar-refractivity contribution < 1.29 is 4.74 Å². The number of methoxy groups -OCH3 is 1. The second-order valence-corrected chi connectivity index (χ2v) is 4.98. The maximum absolute atomic E-state index is 5.19. The van der Waals surface area contributed by atoms with Crippen LogP contribution in [0.15, 0.2) is 18.2 Å². The zero-order valence-electron chi connectivity index (χ0n) is 11.7. The van der Waals surface area contributed by atoms with Crippen LogP contribution < -0.4 is 10.2 Å². The van der Waals surface area contributed by atoms with Crippen molar-refractivity contribution in [3.05, 3.63) is 29.3 Å². The zero-order chi connectivity index (χ0) is 13.0. The summed E-state index contributed by atoms with van der Waals surface area (Å²) in [4.78, 5) is 2.44. The highest BCUT2D eigenvalue weighted by molar-refractivity contribution is 5.57. The Morgan fingerprint density at radius 2 is 2.28 bits per heavy atom. The third-order valence-electron chi connectivity index (χ3n) is 3.82. The van der Waals surface area contributed by atoms with Crippen LogP contribution in [0.2, 0.25) is 0 Å². The van der Waals surface area contributed by atoms with Gasteiger partial charge in [0.2, 0.25) is 0 Å². The molecule has 0 fully saturated rings. The van der Waals surface area contributed by atoms with Crippen molar-refractivity contribution >= 4 is 5.69 Å². The first kappa shape index (κ1) is 13.4. The van der Waals surface area contributed by atoms with Crippen molar-refractivity contribution in [1.82, 2.24) is 5.32 Å². The molecule has 3 heteroatoms. The number of fused-ring (bicyclic) bond motifs is 1. The molecule has 1 aliphatic rings. The number of anilines is 1. The maximum atomic E-state index is 5.19. The fourth-order valence-corrected chi connectivity index (χ4v) is 2.56. The SMILES string of the molecule is CNC(C)c1ccc2c(c1)CCCN2CCOC. The molecule has 1 N–H and O–H groups in total. The first-order valence-electron chi connectivity index (χ1n) is 6.80. The highest BCUT2D eigenvalue weighted by atomic mass is 16.5. The molecule has 0 aromatic heterocycles. The van der Waals surface area contributed by atoms with E-state index in [1.165, 1.54) is 29.7 Å². The van der Waals surface area contributed by atoms with Crippen LogP contribution in [0.1, 0.15) is 30.5 Å². The number of nitrogens with one attached hydrogen (secondary N) is 1. The molecule has 0 saturated carbocycles. The van der Waals surface area contributed by atoms with E-state index in [0.29, 0.717) is 6.04 Å². The normalized spacial score (nSPS) is 16.5. The number of ether oxygens (including phenoxy) is 1. The number of nitrogens with zero attached hydrogens (tertiary/aromatic N) is 1. The van der Waals surface area contributed by atoms with E-state index in [-0.39, 0.29) is 0 Å². The molecular formula is C15H24N2O. The van der Waals surface area contributed by atoms with Crippen LogP contribution in [0.5, 0.6) is 0 Å². The minimum atomic E-state index is 0.421. The molecule has 1 aromatic rings. The third kappa shape index (κ3) is 2.85. The quantitative estimate of drug-likeness (QED) is 0.866. The van der Waals surface area contributed by atoms with Gasteiger partial charge in [-0.15, -0.1) is 0 Å². The van der Waals surface area contributed by atoms with E-state index in [4.69, 9.17) is 4.74 Å². The monoisotopic (exact) mass is 248 g/mol. The molecule has 1 aliphatic heterocycles. The van der Waals surface area contributed by atoms with Crippen molar-refractivity contribution in [2.75, 3.05) is 38.8 Å². The lowest BCUT2D eigenvalue weighted by Gasteiger charge is -2.31. The molecule has 100 valence electrons. The summed E-state index contributed by atoms with van der Waals surface area (Å²) in [5, 5.41) is 3.30. The van der Waals surface area contributed by atoms with Gasteiger partial charge in [0.1, 0.15) is 0 Å². The van der Waals surface area contributed by atoms with Gasteiger partial charge in [-0.25, -0.2) is 0 Å². The average Bonchev–Trinajstić information content (AvgIpc) is 2.43. The Bertz CT molecular complexity index is 392. The van der Waals surface area contributed by atoms with Crippen LogP contribution in [0.3, 0.4) is 0 Å². The minimum Gasteiger partial charge on any atom is -0.383 e. The van der Waals surface area contributed by atoms with Gasteiger partial charge in [0.05, 0.1) is 6.61 Å². The maximum Gasteiger partial charge on any atom is 0.0637 e. The van der Waals surface area contributed by atoms with E-state index in [1.807, 2.05) is 7.05 Å². The van der Waals surface area contributed by atoms with E-state index in [0.717, 1.165) is 19.7 Å². The Labute approximate surface area is 110 Å². The number of hydrogen-bond acceptors (Lipinski definition) is 3. The van der Waals surface area contributed by atoms with E-state index in [1.54, 1.807) is 7.11 Å². The van der Waals surface area contributed by atoms with Crippen LogP contribution in [0.25, 0.3) is 0 Å². The van der Waals surface area contributed by atoms with Crippen LogP contribution in [0, 0.1) is 0 Å². The van der Waals surface area contributed by atoms with Gasteiger partial charge in [-0.1, -0.05) is 12.1 Å². The molecule has 0 amide bonds. The first-order chi connectivity index (χ1) is 8.76. The molecular weight excluding hydrogens is 224 g/mol. The third-order valence-corrected chi connectivity index (χ3v) is 3.82. The lowest BCUT2D eigenvalue weighted by molar-refractivity contribution is 0.205. The van der Waals surface area contributed by atoms with Crippen molar-refractivity contribution in [2.45, 2.75) is 25.8 Å². The molecule has 3 nitrogen and oxygen atoms in total. The van der Waals surface area contributed by atoms with Gasteiger partial charge in [0, 0.05) is 31.9 Å². The standard InChI is InChI=1S/C15H24N2O/c1-12(16-2)13-6-7-15-14(11-13)5-4-8-17(15)9-10-18-3/h6-7,11-12,16H,4-5,8-10H2,1-3H3. The lowest BCUT2D eigenvalue weighted by atomic mass is 9.97. The van der Waals surface area contributed by atoms with Gasteiger partial charge >= 0.3 is 0 Å².